The van der Waals surface area contributed by atoms with Crippen molar-refractivity contribution in [1.29, 1.82) is 0 Å². The van der Waals surface area contributed by atoms with Crippen LogP contribution in [0, 0.1) is 0 Å². The third-order valence-corrected chi connectivity index (χ3v) is 18.3. The van der Waals surface area contributed by atoms with Crippen molar-refractivity contribution in [3.05, 3.63) is 289 Å². The van der Waals surface area contributed by atoms with E-state index in [9.17, 15) is 0 Å². The van der Waals surface area contributed by atoms with E-state index in [0.29, 0.717) is 17.1 Å². The molecule has 0 amide bonds. The first-order valence-electron chi connectivity index (χ1n) is 29.6. The zero-order chi connectivity index (χ0) is 58.8. The second kappa shape index (κ2) is 19.5. The third-order valence-electron chi connectivity index (χ3n) is 18.3. The number of aromatic nitrogens is 9. The molecular formula is C75H60N12. The highest BCUT2D eigenvalue weighted by atomic mass is 15.4. The number of benzene rings is 10. The smallest absolute Gasteiger partial charge is 0.113 e. The lowest BCUT2D eigenvalue weighted by Gasteiger charge is -2.42. The zero-order valence-corrected chi connectivity index (χ0v) is 49.1. The zero-order valence-electron chi connectivity index (χ0n) is 49.1. The fourth-order valence-electron chi connectivity index (χ4n) is 13.8. The van der Waals surface area contributed by atoms with Crippen LogP contribution < -0.4 is 14.7 Å². The van der Waals surface area contributed by atoms with Gasteiger partial charge in [-0.3, -0.25) is 0 Å². The van der Waals surface area contributed by atoms with Crippen molar-refractivity contribution >= 4 is 51.2 Å². The lowest BCUT2D eigenvalue weighted by Crippen LogP contribution is -2.30. The molecule has 87 heavy (non-hydrogen) atoms. The molecule has 420 valence electrons. The number of anilines is 9. The molecular weight excluding hydrogens is 1070 g/mol. The van der Waals surface area contributed by atoms with Gasteiger partial charge in [-0.1, -0.05) is 185 Å². The van der Waals surface area contributed by atoms with Crippen molar-refractivity contribution in [2.75, 3.05) is 14.7 Å². The largest absolute Gasteiger partial charge is 0.310 e. The summed E-state index contributed by atoms with van der Waals surface area (Å²) in [5.41, 5.74) is 24.2. The van der Waals surface area contributed by atoms with Crippen molar-refractivity contribution in [2.24, 2.45) is 0 Å². The molecule has 0 unspecified atom stereocenters. The normalized spacial score (nSPS) is 14.8. The average molecular weight is 1130 g/mol. The molecule has 0 saturated heterocycles. The van der Waals surface area contributed by atoms with Crippen LogP contribution in [0.1, 0.15) is 74.9 Å². The first-order chi connectivity index (χ1) is 42.4. The summed E-state index contributed by atoms with van der Waals surface area (Å²) in [6.45, 7) is 13.8. The summed E-state index contributed by atoms with van der Waals surface area (Å²) in [6, 6.07) is 84.1. The van der Waals surface area contributed by atoms with Crippen molar-refractivity contribution in [3.63, 3.8) is 0 Å². The molecule has 0 bridgehead atoms. The Morgan fingerprint density at radius 3 is 0.701 bits per heavy atom. The van der Waals surface area contributed by atoms with Gasteiger partial charge in [0.2, 0.25) is 0 Å². The van der Waals surface area contributed by atoms with E-state index in [1.165, 1.54) is 33.4 Å². The molecule has 12 nitrogen and oxygen atoms in total. The second-order valence-electron chi connectivity index (χ2n) is 24.5. The maximum atomic E-state index is 4.87. The number of hydrogen-bond acceptors (Lipinski definition) is 9. The molecule has 0 spiro atoms. The van der Waals surface area contributed by atoms with Gasteiger partial charge >= 0.3 is 0 Å². The summed E-state index contributed by atoms with van der Waals surface area (Å²) >= 11 is 0. The van der Waals surface area contributed by atoms with Crippen LogP contribution in [0.5, 0.6) is 0 Å². The predicted octanol–water partition coefficient (Wildman–Crippen LogP) is 17.8. The second-order valence-corrected chi connectivity index (χ2v) is 24.5. The minimum Gasteiger partial charge on any atom is -0.310 e. The van der Waals surface area contributed by atoms with Crippen LogP contribution >= 0.6 is 0 Å². The van der Waals surface area contributed by atoms with Gasteiger partial charge < -0.3 is 14.7 Å². The van der Waals surface area contributed by atoms with Gasteiger partial charge in [0.05, 0.1) is 69.8 Å². The minimum atomic E-state index is -0.175. The first kappa shape index (κ1) is 51.6. The molecule has 0 saturated carbocycles. The van der Waals surface area contributed by atoms with E-state index in [1.807, 2.05) is 32.6 Å². The van der Waals surface area contributed by atoms with E-state index in [2.05, 4.69) is 293 Å². The van der Waals surface area contributed by atoms with Crippen molar-refractivity contribution in [1.82, 2.24) is 45.0 Å². The Kier molecular flexibility index (Phi) is 11.6. The fraction of sp³-hybridized carbons (Fsp3) is 0.120. The van der Waals surface area contributed by atoms with Crippen LogP contribution in [-0.2, 0) is 16.2 Å². The molecule has 3 aliphatic heterocycles. The van der Waals surface area contributed by atoms with Crippen LogP contribution in [0.15, 0.2) is 255 Å². The minimum absolute atomic E-state index is 0.175. The Morgan fingerprint density at radius 1 is 0.241 bits per heavy atom. The molecule has 13 aromatic rings. The number of nitrogens with zero attached hydrogens (tertiary/aromatic N) is 12. The Labute approximate surface area is 505 Å². The van der Waals surface area contributed by atoms with E-state index < -0.39 is 0 Å². The molecule has 12 heteroatoms. The summed E-state index contributed by atoms with van der Waals surface area (Å²) in [5, 5.41) is 29.0. The van der Waals surface area contributed by atoms with Gasteiger partial charge in [0, 0.05) is 50.0 Å². The Bertz CT molecular complexity index is 4220. The summed E-state index contributed by atoms with van der Waals surface area (Å²) < 4.78 is 5.55. The molecule has 0 fully saturated rings. The molecule has 10 aromatic carbocycles. The maximum absolute atomic E-state index is 4.87. The number of para-hydroxylation sites is 6. The Hall–Kier alpha value is -11.0. The van der Waals surface area contributed by atoms with Gasteiger partial charge in [-0.15, -0.1) is 15.3 Å². The summed E-state index contributed by atoms with van der Waals surface area (Å²) in [4.78, 5) is 7.08. The average Bonchev–Trinajstić information content (AvgIpc) is 1.46. The molecule has 3 aromatic heterocycles. The highest BCUT2D eigenvalue weighted by Gasteiger charge is 2.39. The molecule has 0 radical (unpaired) electrons. The van der Waals surface area contributed by atoms with Gasteiger partial charge in [-0.05, 0) is 143 Å². The van der Waals surface area contributed by atoms with Crippen molar-refractivity contribution in [3.8, 4) is 50.8 Å². The van der Waals surface area contributed by atoms with Crippen molar-refractivity contribution < 1.29 is 0 Å². The van der Waals surface area contributed by atoms with Gasteiger partial charge in [0.1, 0.15) is 17.1 Å². The predicted molar refractivity (Wildman–Crippen MR) is 348 cm³/mol. The standard InChI is InChI=1S/C75H60N12/c1-73(2)58-28-7-13-34-67(58)85(68-35-14-8-29-59(68)73)55-25-19-22-52(43-55)82-46-64(76-79-82)49-40-50(65-47-83(80-77-65)53-23-20-26-56(44-53)86-69-36-15-9-30-60(69)74(3,4)61-31-10-16-37-70(61)86)42-51(41-49)66-48-84(81-78-66)54-24-21-27-57(45-54)87-71-38-17-11-32-62(71)75(5,6)63-33-12-18-39-72(63)87/h7-48H,1-6H3. The molecule has 0 atom stereocenters. The van der Waals surface area contributed by atoms with E-state index in [-0.39, 0.29) is 16.2 Å². The molecule has 6 heterocycles. The third kappa shape index (κ3) is 8.26. The number of fused-ring (bicyclic) bond motifs is 6. The van der Waals surface area contributed by atoms with E-state index in [4.69, 9.17) is 30.9 Å². The molecule has 0 aliphatic carbocycles. The van der Waals surface area contributed by atoms with Crippen LogP contribution in [0.4, 0.5) is 51.2 Å². The van der Waals surface area contributed by atoms with Crippen LogP contribution in [0.25, 0.3) is 50.8 Å². The lowest BCUT2D eigenvalue weighted by molar-refractivity contribution is 0.631. The number of rotatable bonds is 9. The van der Waals surface area contributed by atoms with Gasteiger partial charge in [-0.25, -0.2) is 14.0 Å². The lowest BCUT2D eigenvalue weighted by atomic mass is 9.73. The topological polar surface area (TPSA) is 102 Å². The summed E-state index contributed by atoms with van der Waals surface area (Å²) in [7, 11) is 0. The molecule has 16 rings (SSSR count). The summed E-state index contributed by atoms with van der Waals surface area (Å²) in [6.07, 6.45) is 5.97. The quantitative estimate of drug-likeness (QED) is 0.140. The highest BCUT2D eigenvalue weighted by molar-refractivity contribution is 5.89. The monoisotopic (exact) mass is 1130 g/mol. The Balaban J connectivity index is 0.779. The van der Waals surface area contributed by atoms with Gasteiger partial charge in [0.15, 0.2) is 0 Å². The van der Waals surface area contributed by atoms with E-state index in [0.717, 1.165) is 84.9 Å². The van der Waals surface area contributed by atoms with E-state index in [1.54, 1.807) is 0 Å². The Morgan fingerprint density at radius 2 is 0.460 bits per heavy atom. The van der Waals surface area contributed by atoms with Gasteiger partial charge in [-0.2, -0.15) is 0 Å². The van der Waals surface area contributed by atoms with Crippen LogP contribution in [0.2, 0.25) is 0 Å². The SMILES string of the molecule is CC1(C)c2ccccc2N(c2cccc(-n3cc(-c4cc(-c5cn(-c6cccc(N7c8ccccc8C(C)(C)c8ccccc87)c6)nn5)cc(-c5cn(-c6cccc(N7c8ccccc8C(C)(C)c8ccccc87)c6)nn5)c4)nn3)c2)c2ccccc21. The van der Waals surface area contributed by atoms with Crippen LogP contribution in [0.3, 0.4) is 0 Å². The fourth-order valence-corrected chi connectivity index (χ4v) is 13.8. The maximum Gasteiger partial charge on any atom is 0.113 e. The first-order valence-corrected chi connectivity index (χ1v) is 29.6. The highest BCUT2D eigenvalue weighted by Crippen LogP contribution is 2.55. The van der Waals surface area contributed by atoms with E-state index >= 15 is 0 Å². The molecule has 3 aliphatic rings. The van der Waals surface area contributed by atoms with Crippen molar-refractivity contribution in [2.45, 2.75) is 57.8 Å². The number of hydrogen-bond donors (Lipinski definition) is 0. The molecule has 0 N–H and O–H groups in total. The van der Waals surface area contributed by atoms with Crippen LogP contribution in [-0.4, -0.2) is 45.0 Å². The summed E-state index contributed by atoms with van der Waals surface area (Å²) in [5.74, 6) is 0. The van der Waals surface area contributed by atoms with Gasteiger partial charge in [0.25, 0.3) is 0 Å².